The van der Waals surface area contributed by atoms with E-state index in [-0.39, 0.29) is 25.2 Å². The Morgan fingerprint density at radius 1 is 1.23 bits per heavy atom. The summed E-state index contributed by atoms with van der Waals surface area (Å²) < 4.78 is 7.25. The lowest BCUT2D eigenvalue weighted by Gasteiger charge is -2.33. The van der Waals surface area contributed by atoms with Crippen molar-refractivity contribution in [2.24, 2.45) is 0 Å². The molecular weight excluding hydrogens is 396 g/mol. The van der Waals surface area contributed by atoms with E-state index in [0.29, 0.717) is 11.5 Å². The van der Waals surface area contributed by atoms with Crippen LogP contribution in [0.25, 0.3) is 10.1 Å². The lowest BCUT2D eigenvalue weighted by molar-refractivity contribution is -0.0323. The number of nitrogens with one attached hydrogen (secondary N) is 1. The molecule has 1 amide bonds. The molecule has 1 aromatic heterocycles. The largest absolute Gasteiger partial charge is 0.395 e. The Morgan fingerprint density at radius 2 is 2.07 bits per heavy atom. The average molecular weight is 425 g/mol. The Balaban J connectivity index is 1.60. The first-order chi connectivity index (χ1) is 14.6. The molecule has 2 heterocycles. The van der Waals surface area contributed by atoms with E-state index in [2.05, 4.69) is 48.3 Å². The van der Waals surface area contributed by atoms with Crippen molar-refractivity contribution < 1.29 is 14.6 Å². The topological polar surface area (TPSA) is 61.8 Å². The van der Waals surface area contributed by atoms with E-state index < -0.39 is 0 Å². The first-order valence-electron chi connectivity index (χ1n) is 10.4. The van der Waals surface area contributed by atoms with Gasteiger partial charge in [-0.15, -0.1) is 11.3 Å². The minimum Gasteiger partial charge on any atom is -0.395 e. The van der Waals surface area contributed by atoms with Gasteiger partial charge in [-0.3, -0.25) is 9.69 Å². The summed E-state index contributed by atoms with van der Waals surface area (Å²) in [4.78, 5) is 15.9. The second-order valence-corrected chi connectivity index (χ2v) is 8.89. The molecule has 2 N–H and O–H groups in total. The first-order valence-corrected chi connectivity index (χ1v) is 11.2. The van der Waals surface area contributed by atoms with Crippen LogP contribution in [0.15, 0.2) is 42.5 Å². The number of morpholine rings is 1. The highest BCUT2D eigenvalue weighted by molar-refractivity contribution is 7.21. The van der Waals surface area contributed by atoms with Crippen molar-refractivity contribution >= 4 is 27.3 Å². The van der Waals surface area contributed by atoms with Crippen LogP contribution in [0.4, 0.5) is 0 Å². The number of aliphatic hydroxyl groups excluding tert-OH is 1. The number of amides is 1. The second kappa shape index (κ2) is 9.27. The Hall–Kier alpha value is -2.25. The molecule has 30 heavy (non-hydrogen) atoms. The fourth-order valence-corrected chi connectivity index (χ4v) is 5.15. The number of rotatable bonds is 6. The summed E-state index contributed by atoms with van der Waals surface area (Å²) >= 11 is 1.49. The summed E-state index contributed by atoms with van der Waals surface area (Å²) in [6.07, 6.45) is -0.156. The summed E-state index contributed by atoms with van der Waals surface area (Å²) in [5, 5.41) is 13.0. The van der Waals surface area contributed by atoms with E-state index in [4.69, 9.17) is 9.84 Å². The Bertz CT molecular complexity index is 1050. The molecule has 5 nitrogen and oxygen atoms in total. The van der Waals surface area contributed by atoms with E-state index in [0.717, 1.165) is 35.3 Å². The minimum atomic E-state index is -0.156. The molecule has 158 valence electrons. The molecule has 1 aliphatic rings. The lowest BCUT2D eigenvalue weighted by Crippen LogP contribution is -2.38. The van der Waals surface area contributed by atoms with E-state index in [1.807, 2.05) is 18.2 Å². The Morgan fingerprint density at radius 3 is 2.87 bits per heavy atom. The maximum absolute atomic E-state index is 12.8. The van der Waals surface area contributed by atoms with E-state index in [9.17, 15) is 4.79 Å². The van der Waals surface area contributed by atoms with Gasteiger partial charge in [0.05, 0.1) is 24.2 Å². The third kappa shape index (κ3) is 4.42. The number of carbonyl (C=O) groups is 1. The van der Waals surface area contributed by atoms with Gasteiger partial charge >= 0.3 is 0 Å². The van der Waals surface area contributed by atoms with Crippen LogP contribution in [-0.4, -0.2) is 48.8 Å². The van der Waals surface area contributed by atoms with Crippen molar-refractivity contribution in [3.05, 3.63) is 69.6 Å². The molecule has 0 aliphatic carbocycles. The van der Waals surface area contributed by atoms with Gasteiger partial charge in [0.15, 0.2) is 0 Å². The number of fused-ring (bicyclic) bond motifs is 1. The number of ether oxygens (including phenoxy) is 1. The highest BCUT2D eigenvalue weighted by atomic mass is 32.1. The molecule has 1 saturated heterocycles. The van der Waals surface area contributed by atoms with Crippen molar-refractivity contribution in [1.29, 1.82) is 0 Å². The molecule has 0 radical (unpaired) electrons. The maximum Gasteiger partial charge on any atom is 0.261 e. The van der Waals surface area contributed by atoms with Crippen LogP contribution < -0.4 is 5.32 Å². The molecule has 1 atom stereocenters. The zero-order chi connectivity index (χ0) is 21.1. The van der Waals surface area contributed by atoms with Crippen LogP contribution in [0.1, 0.15) is 38.0 Å². The van der Waals surface area contributed by atoms with Gasteiger partial charge in [-0.2, -0.15) is 0 Å². The standard InChI is InChI=1S/C24H28N2O3S/c1-16-7-8-18(13-17(16)2)14-26-10-12-29-20(15-26)22-19-5-3-4-6-21(19)30-23(22)24(28)25-9-11-27/h3-8,13,20,27H,9-12,14-15H2,1-2H3,(H,25,28). The van der Waals surface area contributed by atoms with Crippen LogP contribution in [0.5, 0.6) is 0 Å². The predicted molar refractivity (Wildman–Crippen MR) is 121 cm³/mol. The van der Waals surface area contributed by atoms with Gasteiger partial charge in [0.25, 0.3) is 5.91 Å². The highest BCUT2D eigenvalue weighted by Crippen LogP contribution is 2.38. The number of aliphatic hydroxyl groups is 1. The van der Waals surface area contributed by atoms with Crippen LogP contribution >= 0.6 is 11.3 Å². The fraction of sp³-hybridized carbons (Fsp3) is 0.375. The fourth-order valence-electron chi connectivity index (χ4n) is 3.98. The quantitative estimate of drug-likeness (QED) is 0.632. The third-order valence-corrected chi connectivity index (χ3v) is 6.87. The van der Waals surface area contributed by atoms with Crippen LogP contribution in [0.2, 0.25) is 0 Å². The molecule has 4 rings (SSSR count). The zero-order valence-corrected chi connectivity index (χ0v) is 18.3. The number of hydrogen-bond acceptors (Lipinski definition) is 5. The number of nitrogens with zero attached hydrogens (tertiary/aromatic N) is 1. The van der Waals surface area contributed by atoms with Gasteiger partial charge in [-0.05, 0) is 42.0 Å². The number of hydrogen-bond donors (Lipinski definition) is 2. The van der Waals surface area contributed by atoms with Crippen molar-refractivity contribution in [2.75, 3.05) is 32.8 Å². The summed E-state index contributed by atoms with van der Waals surface area (Å²) in [5.41, 5.74) is 4.89. The van der Waals surface area contributed by atoms with Gasteiger partial charge in [-0.1, -0.05) is 36.4 Å². The second-order valence-electron chi connectivity index (χ2n) is 7.83. The van der Waals surface area contributed by atoms with Gasteiger partial charge < -0.3 is 15.2 Å². The molecule has 0 spiro atoms. The van der Waals surface area contributed by atoms with Crippen molar-refractivity contribution in [3.8, 4) is 0 Å². The van der Waals surface area contributed by atoms with Gasteiger partial charge in [-0.25, -0.2) is 0 Å². The molecular formula is C24H28N2O3S. The molecule has 1 fully saturated rings. The molecule has 6 heteroatoms. The lowest BCUT2D eigenvalue weighted by atomic mass is 10.0. The van der Waals surface area contributed by atoms with Crippen LogP contribution in [-0.2, 0) is 11.3 Å². The minimum absolute atomic E-state index is 0.0738. The highest BCUT2D eigenvalue weighted by Gasteiger charge is 2.29. The third-order valence-electron chi connectivity index (χ3n) is 5.69. The molecule has 1 aliphatic heterocycles. The maximum atomic E-state index is 12.8. The smallest absolute Gasteiger partial charge is 0.261 e. The van der Waals surface area contributed by atoms with E-state index in [1.165, 1.54) is 28.0 Å². The van der Waals surface area contributed by atoms with Gasteiger partial charge in [0.1, 0.15) is 0 Å². The van der Waals surface area contributed by atoms with Crippen LogP contribution in [0.3, 0.4) is 0 Å². The monoisotopic (exact) mass is 424 g/mol. The first kappa shape index (κ1) is 21.0. The number of benzene rings is 2. The summed E-state index contributed by atoms with van der Waals surface area (Å²) in [6.45, 7) is 7.58. The molecule has 3 aromatic rings. The zero-order valence-electron chi connectivity index (χ0n) is 17.5. The summed E-state index contributed by atoms with van der Waals surface area (Å²) in [5.74, 6) is -0.143. The molecule has 1 unspecified atom stereocenters. The molecule has 2 aromatic carbocycles. The Kier molecular flexibility index (Phi) is 6.49. The molecule has 0 saturated carbocycles. The number of carbonyl (C=O) groups excluding carboxylic acids is 1. The van der Waals surface area contributed by atoms with E-state index in [1.54, 1.807) is 0 Å². The van der Waals surface area contributed by atoms with Crippen LogP contribution in [0, 0.1) is 13.8 Å². The number of aryl methyl sites for hydroxylation is 2. The van der Waals surface area contributed by atoms with Gasteiger partial charge in [0.2, 0.25) is 0 Å². The predicted octanol–water partition coefficient (Wildman–Crippen LogP) is 3.81. The summed E-state index contributed by atoms with van der Waals surface area (Å²) in [7, 11) is 0. The Labute approximate surface area is 181 Å². The van der Waals surface area contributed by atoms with Crippen molar-refractivity contribution in [3.63, 3.8) is 0 Å². The van der Waals surface area contributed by atoms with Crippen molar-refractivity contribution in [1.82, 2.24) is 10.2 Å². The van der Waals surface area contributed by atoms with E-state index >= 15 is 0 Å². The number of thiophene rings is 1. The summed E-state index contributed by atoms with van der Waals surface area (Å²) in [6, 6.07) is 14.7. The van der Waals surface area contributed by atoms with Gasteiger partial charge in [0, 0.05) is 36.4 Å². The average Bonchev–Trinajstić information content (AvgIpc) is 3.14. The normalized spacial score (nSPS) is 17.4. The van der Waals surface area contributed by atoms with Crippen molar-refractivity contribution in [2.45, 2.75) is 26.5 Å². The molecule has 0 bridgehead atoms. The SMILES string of the molecule is Cc1ccc(CN2CCOC(c3c(C(=O)NCCO)sc4ccccc34)C2)cc1C.